The second-order valence-corrected chi connectivity index (χ2v) is 7.14. The molecule has 4 rings (SSSR count). The van der Waals surface area contributed by atoms with Crippen LogP contribution in [0.3, 0.4) is 0 Å². The van der Waals surface area contributed by atoms with Gasteiger partial charge in [-0.15, -0.1) is 0 Å². The van der Waals surface area contributed by atoms with Crippen molar-refractivity contribution in [3.63, 3.8) is 0 Å². The van der Waals surface area contributed by atoms with Crippen LogP contribution < -0.4 is 4.74 Å². The number of benzene rings is 2. The summed E-state index contributed by atoms with van der Waals surface area (Å²) in [5.41, 5.74) is 2.66. The predicted molar refractivity (Wildman–Crippen MR) is 105 cm³/mol. The Kier molecular flexibility index (Phi) is 5.23. The van der Waals surface area contributed by atoms with Crippen LogP contribution in [0.15, 0.2) is 60.8 Å². The molecule has 1 aliphatic heterocycles. The molecular weight excluding hydrogens is 324 g/mol. The Bertz CT molecular complexity index is 822. The Hall–Kier alpha value is -2.30. The highest BCUT2D eigenvalue weighted by Gasteiger charge is 2.24. The first kappa shape index (κ1) is 17.1. The largest absolute Gasteiger partial charge is 0.491 e. The van der Waals surface area contributed by atoms with Gasteiger partial charge in [0.05, 0.1) is 0 Å². The van der Waals surface area contributed by atoms with E-state index in [1.54, 1.807) is 0 Å². The van der Waals surface area contributed by atoms with Gasteiger partial charge in [-0.1, -0.05) is 36.4 Å². The number of aliphatic hydroxyl groups excluding tert-OH is 1. The van der Waals surface area contributed by atoms with Crippen molar-refractivity contribution in [1.82, 2.24) is 9.88 Å². The van der Waals surface area contributed by atoms with E-state index in [-0.39, 0.29) is 0 Å². The van der Waals surface area contributed by atoms with E-state index in [0.29, 0.717) is 19.1 Å². The maximum Gasteiger partial charge on any atom is 0.119 e. The van der Waals surface area contributed by atoms with Crippen LogP contribution in [0.5, 0.6) is 5.75 Å². The monoisotopic (exact) mass is 350 g/mol. The molecule has 2 N–H and O–H groups in total. The van der Waals surface area contributed by atoms with E-state index in [2.05, 4.69) is 40.3 Å². The zero-order valence-corrected chi connectivity index (χ0v) is 15.0. The fourth-order valence-electron chi connectivity index (χ4n) is 3.92. The lowest BCUT2D eigenvalue weighted by Gasteiger charge is -2.33. The number of H-pyrrole nitrogens is 1. The molecule has 1 saturated heterocycles. The molecule has 1 aromatic heterocycles. The van der Waals surface area contributed by atoms with Crippen molar-refractivity contribution in [2.75, 3.05) is 26.2 Å². The number of nitrogens with zero attached hydrogens (tertiary/aromatic N) is 1. The van der Waals surface area contributed by atoms with Crippen LogP contribution in [0.1, 0.15) is 24.3 Å². The van der Waals surface area contributed by atoms with Crippen LogP contribution in [0.25, 0.3) is 10.9 Å². The number of β-amino-alcohol motifs (C(OH)–C–C–N with tert-alkyl or cyclic N) is 1. The molecule has 0 radical (unpaired) electrons. The predicted octanol–water partition coefficient (Wildman–Crippen LogP) is 3.79. The minimum atomic E-state index is -0.458. The maximum absolute atomic E-state index is 10.3. The number of piperidine rings is 1. The Morgan fingerprint density at radius 3 is 2.58 bits per heavy atom. The van der Waals surface area contributed by atoms with Crippen LogP contribution in [0, 0.1) is 0 Å². The number of hydrogen-bond donors (Lipinski definition) is 2. The second-order valence-electron chi connectivity index (χ2n) is 7.14. The topological polar surface area (TPSA) is 48.5 Å². The fraction of sp³-hybridized carbons (Fsp3) is 0.364. The molecule has 2 heterocycles. The van der Waals surface area contributed by atoms with Gasteiger partial charge in [-0.2, -0.15) is 0 Å². The Labute approximate surface area is 154 Å². The van der Waals surface area contributed by atoms with Gasteiger partial charge < -0.3 is 19.7 Å². The lowest BCUT2D eigenvalue weighted by Crippen LogP contribution is -2.40. The molecule has 1 aliphatic rings. The van der Waals surface area contributed by atoms with Gasteiger partial charge in [-0.05, 0) is 55.6 Å². The molecule has 3 aromatic rings. The van der Waals surface area contributed by atoms with E-state index in [0.717, 1.165) is 31.7 Å². The summed E-state index contributed by atoms with van der Waals surface area (Å²) in [6.45, 7) is 3.05. The number of nitrogens with one attached hydrogen (secondary N) is 1. The highest BCUT2D eigenvalue weighted by atomic mass is 16.5. The third-order valence-corrected chi connectivity index (χ3v) is 5.30. The molecular formula is C22H26N2O2. The summed E-state index contributed by atoms with van der Waals surface area (Å²) in [5.74, 6) is 1.41. The molecule has 1 atom stereocenters. The molecule has 2 aromatic carbocycles. The fourth-order valence-corrected chi connectivity index (χ4v) is 3.92. The number of rotatable bonds is 6. The molecule has 0 bridgehead atoms. The second kappa shape index (κ2) is 7.94. The number of hydrogen-bond acceptors (Lipinski definition) is 3. The van der Waals surface area contributed by atoms with Gasteiger partial charge in [0.1, 0.15) is 18.5 Å². The number of aromatic nitrogens is 1. The molecule has 1 fully saturated rings. The minimum Gasteiger partial charge on any atom is -0.491 e. The quantitative estimate of drug-likeness (QED) is 0.711. The lowest BCUT2D eigenvalue weighted by atomic mass is 9.89. The summed E-state index contributed by atoms with van der Waals surface area (Å²) in [7, 11) is 0. The van der Waals surface area contributed by atoms with E-state index in [9.17, 15) is 5.11 Å². The Morgan fingerprint density at radius 1 is 1.04 bits per heavy atom. The molecule has 4 nitrogen and oxygen atoms in total. The van der Waals surface area contributed by atoms with Crippen LogP contribution in [0.4, 0.5) is 0 Å². The average molecular weight is 350 g/mol. The van der Waals surface area contributed by atoms with E-state index in [1.807, 2.05) is 30.3 Å². The smallest absolute Gasteiger partial charge is 0.119 e. The molecule has 0 amide bonds. The van der Waals surface area contributed by atoms with Crippen molar-refractivity contribution in [3.8, 4) is 5.75 Å². The number of para-hydroxylation sites is 2. The molecule has 0 spiro atoms. The summed E-state index contributed by atoms with van der Waals surface area (Å²) in [6.07, 6.45) is 3.98. The van der Waals surface area contributed by atoms with Crippen molar-refractivity contribution in [3.05, 3.63) is 66.4 Å². The van der Waals surface area contributed by atoms with Gasteiger partial charge in [0.15, 0.2) is 0 Å². The van der Waals surface area contributed by atoms with Crippen LogP contribution in [-0.2, 0) is 0 Å². The third-order valence-electron chi connectivity index (χ3n) is 5.30. The van der Waals surface area contributed by atoms with E-state index in [4.69, 9.17) is 4.74 Å². The highest BCUT2D eigenvalue weighted by molar-refractivity contribution is 5.83. The normalized spacial score (nSPS) is 17.4. The molecule has 0 saturated carbocycles. The van der Waals surface area contributed by atoms with Crippen molar-refractivity contribution >= 4 is 10.9 Å². The van der Waals surface area contributed by atoms with Gasteiger partial charge >= 0.3 is 0 Å². The van der Waals surface area contributed by atoms with E-state index >= 15 is 0 Å². The first-order chi connectivity index (χ1) is 12.8. The first-order valence-electron chi connectivity index (χ1n) is 9.44. The average Bonchev–Trinajstić information content (AvgIpc) is 3.12. The van der Waals surface area contributed by atoms with E-state index < -0.39 is 6.10 Å². The third kappa shape index (κ3) is 3.92. The summed E-state index contributed by atoms with van der Waals surface area (Å²) in [5, 5.41) is 11.6. The number of aromatic amines is 1. The number of likely N-dealkylation sites (tertiary alicyclic amines) is 1. The molecule has 136 valence electrons. The molecule has 26 heavy (non-hydrogen) atoms. The summed E-state index contributed by atoms with van der Waals surface area (Å²) in [6, 6.07) is 18.2. The summed E-state index contributed by atoms with van der Waals surface area (Å²) in [4.78, 5) is 5.74. The number of ether oxygens (including phenoxy) is 1. The maximum atomic E-state index is 10.3. The van der Waals surface area contributed by atoms with Gasteiger partial charge in [0.25, 0.3) is 0 Å². The Morgan fingerprint density at radius 2 is 1.77 bits per heavy atom. The van der Waals surface area contributed by atoms with Gasteiger partial charge in [0, 0.05) is 23.6 Å². The van der Waals surface area contributed by atoms with Crippen molar-refractivity contribution < 1.29 is 9.84 Å². The standard InChI is InChI=1S/C22H26N2O2/c25-18(16-26-19-6-2-1-3-7-19)15-24-12-10-17(11-13-24)21-14-23-22-9-5-4-8-20(21)22/h1-9,14,17-18,23,25H,10-13,15-16H2. The summed E-state index contributed by atoms with van der Waals surface area (Å²) < 4.78 is 5.66. The van der Waals surface area contributed by atoms with Crippen LogP contribution in [0.2, 0.25) is 0 Å². The summed E-state index contributed by atoms with van der Waals surface area (Å²) >= 11 is 0. The highest BCUT2D eigenvalue weighted by Crippen LogP contribution is 2.33. The van der Waals surface area contributed by atoms with Crippen molar-refractivity contribution in [1.29, 1.82) is 0 Å². The zero-order valence-electron chi connectivity index (χ0n) is 15.0. The zero-order chi connectivity index (χ0) is 17.8. The molecule has 1 unspecified atom stereocenters. The van der Waals surface area contributed by atoms with Gasteiger partial charge in [-0.3, -0.25) is 0 Å². The van der Waals surface area contributed by atoms with Crippen LogP contribution in [-0.4, -0.2) is 47.3 Å². The van der Waals surface area contributed by atoms with Crippen molar-refractivity contribution in [2.45, 2.75) is 24.9 Å². The van der Waals surface area contributed by atoms with Gasteiger partial charge in [-0.25, -0.2) is 0 Å². The first-order valence-corrected chi connectivity index (χ1v) is 9.44. The van der Waals surface area contributed by atoms with Crippen molar-refractivity contribution in [2.24, 2.45) is 0 Å². The van der Waals surface area contributed by atoms with E-state index in [1.165, 1.54) is 16.5 Å². The minimum absolute atomic E-state index is 0.340. The lowest BCUT2D eigenvalue weighted by molar-refractivity contribution is 0.0595. The molecule has 0 aliphatic carbocycles. The van der Waals surface area contributed by atoms with Gasteiger partial charge in [0.2, 0.25) is 0 Å². The molecule has 4 heteroatoms. The van der Waals surface area contributed by atoms with Crippen LogP contribution >= 0.6 is 0 Å². The number of aliphatic hydroxyl groups is 1. The number of fused-ring (bicyclic) bond motifs is 1. The Balaban J connectivity index is 1.27. The SMILES string of the molecule is OC(COc1ccccc1)CN1CCC(c2c[nH]c3ccccc23)CC1.